The van der Waals surface area contributed by atoms with Gasteiger partial charge in [-0.1, -0.05) is 30.7 Å². The van der Waals surface area contributed by atoms with E-state index < -0.39 is 0 Å². The molecule has 2 rings (SSSR count). The molecule has 1 aromatic carbocycles. The van der Waals surface area contributed by atoms with Crippen molar-refractivity contribution in [3.8, 4) is 0 Å². The highest BCUT2D eigenvalue weighted by Gasteiger charge is 2.28. The molecule has 1 aromatic rings. The fourth-order valence-electron chi connectivity index (χ4n) is 2.70. The summed E-state index contributed by atoms with van der Waals surface area (Å²) < 4.78 is 0. The Morgan fingerprint density at radius 1 is 1.37 bits per heavy atom. The first-order valence-electron chi connectivity index (χ1n) is 7.41. The predicted octanol–water partition coefficient (Wildman–Crippen LogP) is 3.87. The van der Waals surface area contributed by atoms with Gasteiger partial charge in [-0.2, -0.15) is 0 Å². The Bertz CT molecular complexity index is 390. The maximum atomic E-state index is 6.08. The second-order valence-electron chi connectivity index (χ2n) is 5.45. The number of rotatable bonds is 8. The van der Waals surface area contributed by atoms with Crippen LogP contribution in [-0.2, 0) is 0 Å². The molecule has 0 amide bonds. The number of nitrogens with one attached hydrogen (secondary N) is 1. The van der Waals surface area contributed by atoms with Crippen LogP contribution in [0.5, 0.6) is 0 Å². The van der Waals surface area contributed by atoms with Crippen molar-refractivity contribution in [3.05, 3.63) is 34.9 Å². The van der Waals surface area contributed by atoms with Crippen LogP contribution in [0.2, 0.25) is 5.02 Å². The third kappa shape index (κ3) is 4.48. The lowest BCUT2D eigenvalue weighted by atomic mass is 10.0. The van der Waals surface area contributed by atoms with Gasteiger partial charge in [0, 0.05) is 23.7 Å². The molecule has 1 aliphatic rings. The van der Waals surface area contributed by atoms with Gasteiger partial charge in [0.25, 0.3) is 0 Å². The molecular formula is C16H25ClN2. The molecule has 0 radical (unpaired) electrons. The quantitative estimate of drug-likeness (QED) is 0.778. The number of benzene rings is 1. The molecule has 1 aliphatic carbocycles. The van der Waals surface area contributed by atoms with Crippen LogP contribution in [0.15, 0.2) is 24.3 Å². The van der Waals surface area contributed by atoms with Crippen LogP contribution >= 0.6 is 11.6 Å². The molecule has 1 N–H and O–H groups in total. The average molecular weight is 281 g/mol. The second kappa shape index (κ2) is 7.28. The molecule has 2 nitrogen and oxygen atoms in total. The minimum atomic E-state index is 0.400. The maximum absolute atomic E-state index is 6.08. The Labute approximate surface area is 122 Å². The molecule has 0 saturated heterocycles. The summed E-state index contributed by atoms with van der Waals surface area (Å²) in [5, 5.41) is 4.24. The van der Waals surface area contributed by atoms with Crippen LogP contribution < -0.4 is 5.32 Å². The Balaban J connectivity index is 1.91. The zero-order valence-corrected chi connectivity index (χ0v) is 12.8. The monoisotopic (exact) mass is 280 g/mol. The van der Waals surface area contributed by atoms with Gasteiger partial charge in [-0.05, 0) is 57.0 Å². The number of nitrogens with zero attached hydrogens (tertiary/aromatic N) is 1. The van der Waals surface area contributed by atoms with Gasteiger partial charge in [0.05, 0.1) is 0 Å². The van der Waals surface area contributed by atoms with E-state index >= 15 is 0 Å². The molecule has 19 heavy (non-hydrogen) atoms. The normalized spacial score (nSPS) is 16.8. The van der Waals surface area contributed by atoms with Gasteiger partial charge < -0.3 is 10.2 Å². The summed E-state index contributed by atoms with van der Waals surface area (Å²) in [6.07, 6.45) is 5.17. The van der Waals surface area contributed by atoms with E-state index in [2.05, 4.69) is 29.3 Å². The van der Waals surface area contributed by atoms with Crippen LogP contribution in [0.1, 0.15) is 44.2 Å². The molecule has 1 fully saturated rings. The summed E-state index contributed by atoms with van der Waals surface area (Å²) in [4.78, 5) is 2.65. The molecular weight excluding hydrogens is 256 g/mol. The van der Waals surface area contributed by atoms with E-state index in [1.165, 1.54) is 37.9 Å². The lowest BCUT2D eigenvalue weighted by molar-refractivity contribution is 0.249. The van der Waals surface area contributed by atoms with Crippen molar-refractivity contribution in [2.24, 2.45) is 0 Å². The molecule has 0 aromatic heterocycles. The fraction of sp³-hybridized carbons (Fsp3) is 0.625. The molecule has 1 unspecified atom stereocenters. The van der Waals surface area contributed by atoms with Crippen molar-refractivity contribution < 1.29 is 0 Å². The van der Waals surface area contributed by atoms with E-state index in [0.717, 1.165) is 17.5 Å². The summed E-state index contributed by atoms with van der Waals surface area (Å²) in [6, 6.07) is 9.46. The highest BCUT2D eigenvalue weighted by molar-refractivity contribution is 6.30. The van der Waals surface area contributed by atoms with Gasteiger partial charge in [0.15, 0.2) is 0 Å². The first-order valence-corrected chi connectivity index (χ1v) is 7.79. The standard InChI is InChI=1S/C16H25ClN2/c1-3-10-19(15-7-8-15)11-9-16(18-2)13-5-4-6-14(17)12-13/h4-6,12,15-16,18H,3,7-11H2,1-2H3. The topological polar surface area (TPSA) is 15.3 Å². The summed E-state index contributed by atoms with van der Waals surface area (Å²) in [6.45, 7) is 4.68. The van der Waals surface area contributed by atoms with Crippen molar-refractivity contribution in [2.45, 2.75) is 44.7 Å². The highest BCUT2D eigenvalue weighted by Crippen LogP contribution is 2.28. The van der Waals surface area contributed by atoms with Gasteiger partial charge in [-0.15, -0.1) is 0 Å². The van der Waals surface area contributed by atoms with Crippen molar-refractivity contribution in [1.29, 1.82) is 0 Å². The molecule has 106 valence electrons. The first kappa shape index (κ1) is 14.8. The highest BCUT2D eigenvalue weighted by atomic mass is 35.5. The number of hydrogen-bond donors (Lipinski definition) is 1. The largest absolute Gasteiger partial charge is 0.313 e. The van der Waals surface area contributed by atoms with E-state index in [0.29, 0.717) is 6.04 Å². The summed E-state index contributed by atoms with van der Waals surface area (Å²) in [5.74, 6) is 0. The zero-order valence-electron chi connectivity index (χ0n) is 12.0. The Hall–Kier alpha value is -0.570. The third-order valence-corrected chi connectivity index (χ3v) is 4.11. The van der Waals surface area contributed by atoms with E-state index in [1.807, 2.05) is 19.2 Å². The van der Waals surface area contributed by atoms with E-state index in [-0.39, 0.29) is 0 Å². The molecule has 3 heteroatoms. The molecule has 1 saturated carbocycles. The van der Waals surface area contributed by atoms with Crippen molar-refractivity contribution in [1.82, 2.24) is 10.2 Å². The minimum Gasteiger partial charge on any atom is -0.313 e. The molecule has 0 aliphatic heterocycles. The maximum Gasteiger partial charge on any atom is 0.0409 e. The van der Waals surface area contributed by atoms with Gasteiger partial charge in [-0.3, -0.25) is 0 Å². The summed E-state index contributed by atoms with van der Waals surface area (Å²) >= 11 is 6.08. The second-order valence-corrected chi connectivity index (χ2v) is 5.89. The molecule has 0 bridgehead atoms. The minimum absolute atomic E-state index is 0.400. The molecule has 1 atom stereocenters. The van der Waals surface area contributed by atoms with E-state index in [9.17, 15) is 0 Å². The molecule has 0 spiro atoms. The van der Waals surface area contributed by atoms with Crippen molar-refractivity contribution in [3.63, 3.8) is 0 Å². The van der Waals surface area contributed by atoms with Crippen LogP contribution in [0.3, 0.4) is 0 Å². The van der Waals surface area contributed by atoms with Gasteiger partial charge in [-0.25, -0.2) is 0 Å². The van der Waals surface area contributed by atoms with Gasteiger partial charge >= 0.3 is 0 Å². The molecule has 0 heterocycles. The summed E-state index contributed by atoms with van der Waals surface area (Å²) in [5.41, 5.74) is 1.29. The lowest BCUT2D eigenvalue weighted by Crippen LogP contribution is -2.31. The zero-order chi connectivity index (χ0) is 13.7. The van der Waals surface area contributed by atoms with Crippen LogP contribution in [-0.4, -0.2) is 31.1 Å². The third-order valence-electron chi connectivity index (χ3n) is 3.88. The predicted molar refractivity (Wildman–Crippen MR) is 82.8 cm³/mol. The van der Waals surface area contributed by atoms with Crippen LogP contribution in [0, 0.1) is 0 Å². The van der Waals surface area contributed by atoms with E-state index in [4.69, 9.17) is 11.6 Å². The average Bonchev–Trinajstić information content (AvgIpc) is 3.22. The Kier molecular flexibility index (Phi) is 5.68. The SMILES string of the molecule is CCCN(CCC(NC)c1cccc(Cl)c1)C1CC1. The first-order chi connectivity index (χ1) is 9.24. The van der Waals surface area contributed by atoms with Crippen molar-refractivity contribution >= 4 is 11.6 Å². The smallest absolute Gasteiger partial charge is 0.0409 e. The summed E-state index contributed by atoms with van der Waals surface area (Å²) in [7, 11) is 2.03. The van der Waals surface area contributed by atoms with Gasteiger partial charge in [0.2, 0.25) is 0 Å². The Morgan fingerprint density at radius 2 is 2.16 bits per heavy atom. The van der Waals surface area contributed by atoms with Gasteiger partial charge in [0.1, 0.15) is 0 Å². The number of halogens is 1. The number of hydrogen-bond acceptors (Lipinski definition) is 2. The van der Waals surface area contributed by atoms with E-state index in [1.54, 1.807) is 0 Å². The fourth-order valence-corrected chi connectivity index (χ4v) is 2.90. The van der Waals surface area contributed by atoms with Crippen LogP contribution in [0.25, 0.3) is 0 Å². The van der Waals surface area contributed by atoms with Crippen LogP contribution in [0.4, 0.5) is 0 Å². The Morgan fingerprint density at radius 3 is 2.74 bits per heavy atom. The lowest BCUT2D eigenvalue weighted by Gasteiger charge is -2.25. The van der Waals surface area contributed by atoms with Crippen molar-refractivity contribution in [2.75, 3.05) is 20.1 Å².